The molecule has 0 aliphatic carbocycles. The Labute approximate surface area is 168 Å². The Balaban J connectivity index is 0.000000906. The summed E-state index contributed by atoms with van der Waals surface area (Å²) in [7, 11) is 1.61. The van der Waals surface area contributed by atoms with Gasteiger partial charge in [-0.1, -0.05) is 13.8 Å². The highest BCUT2D eigenvalue weighted by Gasteiger charge is 2.35. The Morgan fingerprint density at radius 3 is 2.36 bits per heavy atom. The molecule has 0 amide bonds. The van der Waals surface area contributed by atoms with E-state index in [-0.39, 0.29) is 12.3 Å². The number of hydrogen-bond acceptors (Lipinski definition) is 7. The van der Waals surface area contributed by atoms with Crippen LogP contribution in [0.4, 0.5) is 0 Å². The van der Waals surface area contributed by atoms with Crippen molar-refractivity contribution in [2.75, 3.05) is 13.7 Å². The molecule has 1 fully saturated rings. The van der Waals surface area contributed by atoms with Crippen LogP contribution in [0.25, 0.3) is 0 Å². The molecule has 8 heteroatoms. The number of nitrogens with zero attached hydrogens (tertiary/aromatic N) is 2. The van der Waals surface area contributed by atoms with E-state index in [4.69, 9.17) is 24.4 Å². The van der Waals surface area contributed by atoms with E-state index in [1.165, 1.54) is 13.8 Å². The number of pyridine rings is 1. The van der Waals surface area contributed by atoms with E-state index in [1.54, 1.807) is 25.7 Å². The summed E-state index contributed by atoms with van der Waals surface area (Å²) in [5.41, 5.74) is 0.823. The van der Waals surface area contributed by atoms with Crippen molar-refractivity contribution < 1.29 is 34.4 Å². The number of methoxy groups -OCH3 is 1. The molecule has 2 heterocycles. The van der Waals surface area contributed by atoms with Crippen LogP contribution in [0.1, 0.15) is 59.9 Å². The summed E-state index contributed by atoms with van der Waals surface area (Å²) in [5, 5.41) is 26.2. The topological polar surface area (TPSA) is 104 Å². The molecule has 0 saturated carbocycles. The van der Waals surface area contributed by atoms with Gasteiger partial charge in [0.1, 0.15) is 0 Å². The lowest BCUT2D eigenvalue weighted by Crippen LogP contribution is -2.32. The smallest absolute Gasteiger partial charge is 0.305 e. The lowest BCUT2D eigenvalue weighted by Gasteiger charge is -2.24. The number of rotatable bonds is 6. The van der Waals surface area contributed by atoms with Crippen molar-refractivity contribution in [3.63, 3.8) is 0 Å². The van der Waals surface area contributed by atoms with Crippen molar-refractivity contribution in [1.29, 1.82) is 0 Å². The third-order valence-corrected chi connectivity index (χ3v) is 3.45. The molecule has 0 bridgehead atoms. The summed E-state index contributed by atoms with van der Waals surface area (Å²) in [6.07, 6.45) is 6.17. The predicted molar refractivity (Wildman–Crippen MR) is 106 cm³/mol. The first-order chi connectivity index (χ1) is 13.0. The lowest BCUT2D eigenvalue weighted by molar-refractivity contribution is -0.819. The van der Waals surface area contributed by atoms with Gasteiger partial charge in [-0.3, -0.25) is 10.2 Å². The number of hydroxylamine groups is 1. The molecule has 1 saturated heterocycles. The molecule has 8 nitrogen and oxygen atoms in total. The molecule has 1 aromatic heterocycles. The Morgan fingerprint density at radius 2 is 1.86 bits per heavy atom. The van der Waals surface area contributed by atoms with Gasteiger partial charge in [-0.05, 0) is 46.2 Å². The van der Waals surface area contributed by atoms with Crippen LogP contribution in [-0.2, 0) is 14.2 Å². The van der Waals surface area contributed by atoms with Gasteiger partial charge in [0.2, 0.25) is 6.21 Å². The van der Waals surface area contributed by atoms with Crippen molar-refractivity contribution in [2.24, 2.45) is 0 Å². The van der Waals surface area contributed by atoms with E-state index in [0.717, 1.165) is 23.1 Å². The number of ether oxygens (including phenoxy) is 3. The molecule has 1 aliphatic heterocycles. The molecule has 2 unspecified atom stereocenters. The minimum Gasteiger partial charge on any atom is -0.366 e. The first-order valence-electron chi connectivity index (χ1n) is 9.51. The van der Waals surface area contributed by atoms with Crippen molar-refractivity contribution >= 4 is 6.21 Å². The summed E-state index contributed by atoms with van der Waals surface area (Å²) in [6.45, 7) is 10.7. The number of aliphatic hydroxyl groups is 2. The Bertz CT molecular complexity index is 552. The molecule has 1 aliphatic rings. The fraction of sp³-hybridized carbons (Fsp3) is 0.700. The summed E-state index contributed by atoms with van der Waals surface area (Å²) < 4.78 is 17.7. The van der Waals surface area contributed by atoms with Gasteiger partial charge in [0, 0.05) is 30.7 Å². The minimum absolute atomic E-state index is 0.0404. The quantitative estimate of drug-likeness (QED) is 0.221. The van der Waals surface area contributed by atoms with Crippen LogP contribution < -0.4 is 0 Å². The highest BCUT2D eigenvalue weighted by Crippen LogP contribution is 2.22. The highest BCUT2D eigenvalue weighted by atomic mass is 16.7. The average Bonchev–Trinajstić information content (AvgIpc) is 3.11. The van der Waals surface area contributed by atoms with E-state index in [0.29, 0.717) is 6.61 Å². The van der Waals surface area contributed by atoms with Gasteiger partial charge >= 0.3 is 6.23 Å². The minimum atomic E-state index is -1.50. The summed E-state index contributed by atoms with van der Waals surface area (Å²) in [5.74, 6) is -2.12. The van der Waals surface area contributed by atoms with Crippen molar-refractivity contribution in [1.82, 2.24) is 4.98 Å². The van der Waals surface area contributed by atoms with Gasteiger partial charge in [0.05, 0.1) is 18.3 Å². The average molecular weight is 402 g/mol. The molecule has 0 radical (unpaired) electrons. The summed E-state index contributed by atoms with van der Waals surface area (Å²) in [6, 6.07) is 3.69. The van der Waals surface area contributed by atoms with E-state index in [1.807, 2.05) is 39.8 Å². The molecule has 162 valence electrons. The normalized spacial score (nSPS) is 20.0. The standard InChI is InChI=1S/C15H23N2O4.C3H8O2.C2H6/c1-15(2,19-3)20-11-13-6-7-14(21-13)17(18)10-12-5-4-8-16-9-12;1-3(2,4)5;1-2/h4-5,8-10,13-14,18H,6-7,11H2,1-3H3;4-5H,1-2H3;1-2H3/q+1;;. The Morgan fingerprint density at radius 1 is 1.25 bits per heavy atom. The van der Waals surface area contributed by atoms with Crippen LogP contribution in [0.2, 0.25) is 0 Å². The van der Waals surface area contributed by atoms with E-state index in [2.05, 4.69) is 4.98 Å². The second-order valence-corrected chi connectivity index (χ2v) is 6.99. The molecule has 1 aromatic rings. The molecular formula is C20H37N2O6+. The van der Waals surface area contributed by atoms with Crippen LogP contribution in [0.15, 0.2) is 24.5 Å². The van der Waals surface area contributed by atoms with E-state index < -0.39 is 11.6 Å². The molecule has 0 spiro atoms. The Kier molecular flexibility index (Phi) is 12.1. The third kappa shape index (κ3) is 12.7. The summed E-state index contributed by atoms with van der Waals surface area (Å²) >= 11 is 0. The van der Waals surface area contributed by atoms with Crippen LogP contribution in [-0.4, -0.2) is 69.0 Å². The van der Waals surface area contributed by atoms with Gasteiger partial charge in [-0.2, -0.15) is 0 Å². The van der Waals surface area contributed by atoms with Crippen molar-refractivity contribution in [3.8, 4) is 0 Å². The van der Waals surface area contributed by atoms with Gasteiger partial charge in [-0.25, -0.2) is 0 Å². The molecule has 28 heavy (non-hydrogen) atoms. The number of hydrogen-bond donors (Lipinski definition) is 3. The van der Waals surface area contributed by atoms with Crippen molar-refractivity contribution in [2.45, 2.75) is 78.3 Å². The van der Waals surface area contributed by atoms with Gasteiger partial charge < -0.3 is 24.4 Å². The highest BCUT2D eigenvalue weighted by molar-refractivity contribution is 5.74. The first kappa shape index (κ1) is 26.4. The predicted octanol–water partition coefficient (Wildman–Crippen LogP) is 2.54. The molecule has 2 atom stereocenters. The maximum Gasteiger partial charge on any atom is 0.305 e. The molecule has 2 rings (SSSR count). The van der Waals surface area contributed by atoms with Gasteiger partial charge in [0.25, 0.3) is 0 Å². The molecule has 0 aromatic carbocycles. The monoisotopic (exact) mass is 401 g/mol. The first-order valence-corrected chi connectivity index (χ1v) is 9.51. The van der Waals surface area contributed by atoms with Crippen molar-refractivity contribution in [3.05, 3.63) is 30.1 Å². The largest absolute Gasteiger partial charge is 0.366 e. The van der Waals surface area contributed by atoms with E-state index >= 15 is 0 Å². The maximum atomic E-state index is 10.1. The molecular weight excluding hydrogens is 364 g/mol. The second kappa shape index (κ2) is 12.8. The zero-order chi connectivity index (χ0) is 21.8. The SMILES string of the molecule is CC.CC(C)(O)O.COC(C)(C)OCC1CCC(/[N+](O)=C/c2cccnc2)O1. The van der Waals surface area contributed by atoms with E-state index in [9.17, 15) is 5.21 Å². The fourth-order valence-corrected chi connectivity index (χ4v) is 2.04. The maximum absolute atomic E-state index is 10.1. The van der Waals surface area contributed by atoms with Gasteiger partial charge in [0.15, 0.2) is 11.6 Å². The zero-order valence-corrected chi connectivity index (χ0v) is 18.1. The summed E-state index contributed by atoms with van der Waals surface area (Å²) in [4.78, 5) is 4.00. The third-order valence-electron chi connectivity index (χ3n) is 3.45. The number of aromatic nitrogens is 1. The zero-order valence-electron chi connectivity index (χ0n) is 18.1. The van der Waals surface area contributed by atoms with Crippen LogP contribution >= 0.6 is 0 Å². The van der Waals surface area contributed by atoms with Crippen LogP contribution in [0, 0.1) is 0 Å². The molecule has 3 N–H and O–H groups in total. The van der Waals surface area contributed by atoms with Crippen LogP contribution in [0.3, 0.4) is 0 Å². The Hall–Kier alpha value is -1.58. The lowest BCUT2D eigenvalue weighted by atomic mass is 10.2. The fourth-order valence-electron chi connectivity index (χ4n) is 2.04. The van der Waals surface area contributed by atoms with Gasteiger partial charge in [-0.15, -0.1) is 0 Å². The second-order valence-electron chi connectivity index (χ2n) is 6.99. The van der Waals surface area contributed by atoms with Crippen LogP contribution in [0.5, 0.6) is 0 Å².